The fourth-order valence-corrected chi connectivity index (χ4v) is 3.87. The zero-order chi connectivity index (χ0) is 20.1. The largest absolute Gasteiger partial charge is 0.484 e. The molecule has 0 saturated carbocycles. The van der Waals surface area contributed by atoms with Crippen molar-refractivity contribution >= 4 is 33.0 Å². The first kappa shape index (κ1) is 19.9. The summed E-state index contributed by atoms with van der Waals surface area (Å²) in [5.74, 6) is -0.674. The molecule has 0 unspecified atom stereocenters. The number of nitrogens with one attached hydrogen (secondary N) is 1. The van der Waals surface area contributed by atoms with Crippen molar-refractivity contribution < 1.29 is 22.3 Å². The molecule has 28 heavy (non-hydrogen) atoms. The highest BCUT2D eigenvalue weighted by atomic mass is 35.5. The Morgan fingerprint density at radius 1 is 0.964 bits per heavy atom. The summed E-state index contributed by atoms with van der Waals surface area (Å²) in [4.78, 5) is 12.3. The van der Waals surface area contributed by atoms with Gasteiger partial charge in [-0.05, 0) is 54.6 Å². The molecule has 0 spiro atoms. The topological polar surface area (TPSA) is 72.5 Å². The molecule has 8 heteroatoms. The fraction of sp³-hybridized carbons (Fsp3) is 0.0500. The summed E-state index contributed by atoms with van der Waals surface area (Å²) in [5, 5.41) is 2.58. The summed E-state index contributed by atoms with van der Waals surface area (Å²) in [6, 6.07) is 17.4. The van der Waals surface area contributed by atoms with E-state index in [2.05, 4.69) is 5.32 Å². The van der Waals surface area contributed by atoms with Crippen LogP contribution in [-0.2, 0) is 14.6 Å². The maximum absolute atomic E-state index is 13.0. The third-order valence-corrected chi connectivity index (χ3v) is 5.86. The first-order valence-electron chi connectivity index (χ1n) is 8.14. The van der Waals surface area contributed by atoms with Gasteiger partial charge in [0.2, 0.25) is 9.84 Å². The van der Waals surface area contributed by atoms with Crippen LogP contribution in [0.4, 0.5) is 10.1 Å². The molecule has 5 nitrogen and oxygen atoms in total. The van der Waals surface area contributed by atoms with Crippen molar-refractivity contribution in [2.45, 2.75) is 9.79 Å². The molecule has 0 saturated heterocycles. The molecule has 3 aromatic carbocycles. The lowest BCUT2D eigenvalue weighted by Crippen LogP contribution is -2.20. The normalized spacial score (nSPS) is 11.1. The van der Waals surface area contributed by atoms with Crippen LogP contribution in [0.5, 0.6) is 5.75 Å². The molecule has 0 aromatic heterocycles. The van der Waals surface area contributed by atoms with E-state index in [0.717, 1.165) is 6.07 Å². The lowest BCUT2D eigenvalue weighted by Gasteiger charge is -2.10. The number of hydrogen-bond donors (Lipinski definition) is 1. The van der Waals surface area contributed by atoms with Gasteiger partial charge in [0.25, 0.3) is 5.91 Å². The first-order chi connectivity index (χ1) is 13.4. The van der Waals surface area contributed by atoms with Crippen LogP contribution in [0.25, 0.3) is 0 Å². The lowest BCUT2D eigenvalue weighted by atomic mass is 10.3. The molecule has 0 aliphatic rings. The first-order valence-corrected chi connectivity index (χ1v) is 10.0. The zero-order valence-corrected chi connectivity index (χ0v) is 16.0. The average molecular weight is 420 g/mol. The minimum absolute atomic E-state index is 0.0730. The van der Waals surface area contributed by atoms with E-state index in [1.54, 1.807) is 18.2 Å². The van der Waals surface area contributed by atoms with E-state index in [1.165, 1.54) is 48.5 Å². The second-order valence-corrected chi connectivity index (χ2v) is 8.11. The van der Waals surface area contributed by atoms with Crippen molar-refractivity contribution in [1.29, 1.82) is 0 Å². The smallest absolute Gasteiger partial charge is 0.262 e. The van der Waals surface area contributed by atoms with E-state index in [-0.39, 0.29) is 27.1 Å². The number of carbonyl (C=O) groups excluding carboxylic acids is 1. The third kappa shape index (κ3) is 4.68. The third-order valence-electron chi connectivity index (χ3n) is 3.76. The number of hydrogen-bond acceptors (Lipinski definition) is 4. The number of benzene rings is 3. The minimum atomic E-state index is -3.62. The van der Waals surface area contributed by atoms with E-state index in [1.807, 2.05) is 0 Å². The molecule has 1 amide bonds. The Labute approximate surface area is 166 Å². The Kier molecular flexibility index (Phi) is 5.96. The highest BCUT2D eigenvalue weighted by Crippen LogP contribution is 2.24. The maximum Gasteiger partial charge on any atom is 0.262 e. The number of rotatable bonds is 6. The van der Waals surface area contributed by atoms with Gasteiger partial charge < -0.3 is 10.1 Å². The van der Waals surface area contributed by atoms with Crippen LogP contribution in [0, 0.1) is 5.82 Å². The number of anilines is 1. The van der Waals surface area contributed by atoms with Gasteiger partial charge in [-0.25, -0.2) is 12.8 Å². The molecule has 0 aliphatic heterocycles. The van der Waals surface area contributed by atoms with Gasteiger partial charge in [0, 0.05) is 0 Å². The zero-order valence-electron chi connectivity index (χ0n) is 14.4. The monoisotopic (exact) mass is 419 g/mol. The van der Waals surface area contributed by atoms with E-state index in [9.17, 15) is 17.6 Å². The predicted molar refractivity (Wildman–Crippen MR) is 104 cm³/mol. The molecule has 0 fully saturated rings. The predicted octanol–water partition coefficient (Wildman–Crippen LogP) is 4.33. The van der Waals surface area contributed by atoms with Crippen molar-refractivity contribution in [1.82, 2.24) is 0 Å². The van der Waals surface area contributed by atoms with Gasteiger partial charge >= 0.3 is 0 Å². The molecule has 1 N–H and O–H groups in total. The van der Waals surface area contributed by atoms with Gasteiger partial charge in [0.1, 0.15) is 11.6 Å². The molecule has 0 radical (unpaired) electrons. The molecular weight excluding hydrogens is 405 g/mol. The average Bonchev–Trinajstić information content (AvgIpc) is 2.69. The van der Waals surface area contributed by atoms with Gasteiger partial charge in [0.05, 0.1) is 20.5 Å². The van der Waals surface area contributed by atoms with Crippen molar-refractivity contribution in [3.63, 3.8) is 0 Å². The van der Waals surface area contributed by atoms with Crippen LogP contribution in [-0.4, -0.2) is 20.9 Å². The number of sulfone groups is 1. The van der Waals surface area contributed by atoms with Crippen molar-refractivity contribution in [3.05, 3.63) is 83.6 Å². The summed E-state index contributed by atoms with van der Waals surface area (Å²) in [5.41, 5.74) is 0.265. The Bertz CT molecular complexity index is 1090. The van der Waals surface area contributed by atoms with E-state index in [0.29, 0.717) is 5.75 Å². The standard InChI is InChI=1S/C20H15ClFNO4S/c21-18-12-14(22)6-11-19(18)23-20(24)13-27-15-7-9-17(10-8-15)28(25,26)16-4-2-1-3-5-16/h1-12H,13H2,(H,23,24). The second-order valence-electron chi connectivity index (χ2n) is 5.75. The molecule has 3 aromatic rings. The van der Waals surface area contributed by atoms with Gasteiger partial charge in [-0.15, -0.1) is 0 Å². The molecule has 3 rings (SSSR count). The number of amides is 1. The Morgan fingerprint density at radius 3 is 2.25 bits per heavy atom. The van der Waals surface area contributed by atoms with Crippen LogP contribution < -0.4 is 10.1 Å². The van der Waals surface area contributed by atoms with Crippen molar-refractivity contribution in [2.24, 2.45) is 0 Å². The lowest BCUT2D eigenvalue weighted by molar-refractivity contribution is -0.118. The maximum atomic E-state index is 13.0. The minimum Gasteiger partial charge on any atom is -0.484 e. The Balaban J connectivity index is 1.62. The number of halogens is 2. The number of carbonyl (C=O) groups is 1. The van der Waals surface area contributed by atoms with Crippen LogP contribution in [0.3, 0.4) is 0 Å². The van der Waals surface area contributed by atoms with Crippen molar-refractivity contribution in [2.75, 3.05) is 11.9 Å². The molecule has 0 heterocycles. The van der Waals surface area contributed by atoms with E-state index in [4.69, 9.17) is 16.3 Å². The van der Waals surface area contributed by atoms with Gasteiger partial charge in [0.15, 0.2) is 6.61 Å². The molecule has 144 valence electrons. The van der Waals surface area contributed by atoms with Gasteiger partial charge in [-0.1, -0.05) is 29.8 Å². The summed E-state index contributed by atoms with van der Waals surface area (Å²) >= 11 is 5.85. The Hall–Kier alpha value is -2.90. The molecule has 0 aliphatic carbocycles. The summed E-state index contributed by atoms with van der Waals surface area (Å²) < 4.78 is 43.4. The summed E-state index contributed by atoms with van der Waals surface area (Å²) in [6.07, 6.45) is 0. The van der Waals surface area contributed by atoms with Crippen LogP contribution >= 0.6 is 11.6 Å². The summed E-state index contributed by atoms with van der Waals surface area (Å²) in [6.45, 7) is -0.321. The van der Waals surface area contributed by atoms with Crippen LogP contribution in [0.2, 0.25) is 5.02 Å². The molecule has 0 bridgehead atoms. The number of ether oxygens (including phenoxy) is 1. The second kappa shape index (κ2) is 8.41. The van der Waals surface area contributed by atoms with Gasteiger partial charge in [-0.3, -0.25) is 4.79 Å². The highest BCUT2D eigenvalue weighted by Gasteiger charge is 2.17. The Morgan fingerprint density at radius 2 is 1.61 bits per heavy atom. The fourth-order valence-electron chi connectivity index (χ4n) is 2.38. The van der Waals surface area contributed by atoms with Crippen LogP contribution in [0.1, 0.15) is 0 Å². The molecular formula is C20H15ClFNO4S. The summed E-state index contributed by atoms with van der Waals surface area (Å²) in [7, 11) is -3.62. The van der Waals surface area contributed by atoms with E-state index >= 15 is 0 Å². The highest BCUT2D eigenvalue weighted by molar-refractivity contribution is 7.91. The quantitative estimate of drug-likeness (QED) is 0.645. The molecule has 0 atom stereocenters. The van der Waals surface area contributed by atoms with Crippen molar-refractivity contribution in [3.8, 4) is 5.75 Å². The van der Waals surface area contributed by atoms with E-state index < -0.39 is 21.6 Å². The van der Waals surface area contributed by atoms with Gasteiger partial charge in [-0.2, -0.15) is 0 Å². The van der Waals surface area contributed by atoms with Crippen LogP contribution in [0.15, 0.2) is 82.6 Å². The SMILES string of the molecule is O=C(COc1ccc(S(=O)(=O)c2ccccc2)cc1)Nc1ccc(F)cc1Cl.